The predicted molar refractivity (Wildman–Crippen MR) is 350 cm³/mol. The van der Waals surface area contributed by atoms with Crippen LogP contribution in [0.1, 0.15) is 0 Å². The van der Waals surface area contributed by atoms with Crippen molar-refractivity contribution in [2.24, 2.45) is 0 Å². The highest BCUT2D eigenvalue weighted by Crippen LogP contribution is 2.36. The van der Waals surface area contributed by atoms with Crippen LogP contribution >= 0.6 is 0 Å². The van der Waals surface area contributed by atoms with Gasteiger partial charge < -0.3 is 129 Å². The number of carbonyl (C=O) groups excluding carboxylic acids is 5. The normalized spacial score (nSPS) is 18.9. The summed E-state index contributed by atoms with van der Waals surface area (Å²) in [7, 11) is 12.1. The van der Waals surface area contributed by atoms with Crippen molar-refractivity contribution in [3.63, 3.8) is 0 Å². The van der Waals surface area contributed by atoms with Crippen LogP contribution in [0.5, 0.6) is 0 Å². The molecule has 104 heavy (non-hydrogen) atoms. The smallest absolute Gasteiger partial charge is 0.327 e. The van der Waals surface area contributed by atoms with Gasteiger partial charge in [-0.2, -0.15) is 29.9 Å². The summed E-state index contributed by atoms with van der Waals surface area (Å²) < 4.78 is 40.9. The Morgan fingerprint density at radius 1 is 0.298 bits per heavy atom. The molecule has 10 amide bonds. The number of methoxy groups -OCH3 is 8. The SMILES string of the molecule is COCN(COC)c1nc(N(CCO)CCO)nc(N(COC)COC)n1.COCN1C(=O)N(CCO)C(CO)C1OC.COCN1C(=O)N(CCO)C2C1N(COC)C(=O)N2CCO.O=C1N(CO)C2C(N1CO)N(CO)C(=O)N2CO.OCN(CO)c1nc(N(CO)CO)nc(N(CO)CO)n1. The number of hydrogen-bond acceptors (Lipinski definition) is 41. The molecule has 5 fully saturated rings. The van der Waals surface area contributed by atoms with Gasteiger partial charge in [0, 0.05) is 89.6 Å². The maximum atomic E-state index is 12.5. The van der Waals surface area contributed by atoms with E-state index in [1.807, 2.05) is 0 Å². The zero-order chi connectivity index (χ0) is 77.8. The predicted octanol–water partition coefficient (Wildman–Crippen LogP) is -11.4. The van der Waals surface area contributed by atoms with Gasteiger partial charge in [0.15, 0.2) is 24.7 Å². The van der Waals surface area contributed by atoms with Gasteiger partial charge in [-0.1, -0.05) is 0 Å². The lowest BCUT2D eigenvalue weighted by Gasteiger charge is -2.28. The fourth-order valence-corrected chi connectivity index (χ4v) is 10.7. The van der Waals surface area contributed by atoms with Crippen LogP contribution < -0.4 is 29.4 Å². The van der Waals surface area contributed by atoms with E-state index in [4.69, 9.17) is 94.1 Å². The van der Waals surface area contributed by atoms with Gasteiger partial charge in [0.2, 0.25) is 35.7 Å². The number of aliphatic hydroxyl groups excluding tert-OH is 16. The summed E-state index contributed by atoms with van der Waals surface area (Å²) in [6.07, 6.45) is -3.62. The van der Waals surface area contributed by atoms with Crippen molar-refractivity contribution in [1.82, 2.24) is 78.9 Å². The first kappa shape index (κ1) is 90.4. The largest absolute Gasteiger partial charge is 0.395 e. The van der Waals surface area contributed by atoms with Gasteiger partial charge in [0.1, 0.15) is 127 Å². The molecule has 598 valence electrons. The molecular weight excluding hydrogens is 1410 g/mol. The summed E-state index contributed by atoms with van der Waals surface area (Å²) in [5.41, 5.74) is 0. The summed E-state index contributed by atoms with van der Waals surface area (Å²) >= 11 is 0. The van der Waals surface area contributed by atoms with Crippen LogP contribution in [0.2, 0.25) is 0 Å². The molecule has 7 heterocycles. The number of carbonyl (C=O) groups is 5. The average molecular weight is 1510 g/mol. The van der Waals surface area contributed by atoms with Crippen molar-refractivity contribution in [3.8, 4) is 0 Å². The minimum absolute atomic E-state index is 0.0163. The number of fused-ring (bicyclic) bond motifs is 2. The lowest BCUT2D eigenvalue weighted by molar-refractivity contribution is -0.0574. The Bertz CT molecular complexity index is 2480. The zero-order valence-corrected chi connectivity index (χ0v) is 59.1. The van der Waals surface area contributed by atoms with Crippen LogP contribution in [0.25, 0.3) is 0 Å². The molecule has 0 spiro atoms. The minimum Gasteiger partial charge on any atom is -0.395 e. The van der Waals surface area contributed by atoms with Gasteiger partial charge in [-0.3, -0.25) is 68.6 Å². The molecule has 2 unspecified atom stereocenters. The third-order valence-corrected chi connectivity index (χ3v) is 15.2. The van der Waals surface area contributed by atoms with Gasteiger partial charge >= 0.3 is 30.2 Å². The molecule has 0 aromatic carbocycles. The molecule has 0 saturated carbocycles. The molecule has 5 saturated heterocycles. The summed E-state index contributed by atoms with van der Waals surface area (Å²) in [6, 6.07) is -2.80. The van der Waals surface area contributed by atoms with E-state index in [1.54, 1.807) is 43.1 Å². The van der Waals surface area contributed by atoms with E-state index in [9.17, 15) is 49.5 Å². The third kappa shape index (κ3) is 22.2. The molecule has 0 radical (unpaired) electrons. The van der Waals surface area contributed by atoms with E-state index >= 15 is 0 Å². The second-order valence-electron chi connectivity index (χ2n) is 21.4. The number of β-amino-alcohol motifs (C(OH)–C–C–N with tert-alkyl or cyclic N) is 3. The lowest BCUT2D eigenvalue weighted by atomic mass is 10.2. The van der Waals surface area contributed by atoms with E-state index in [-0.39, 0.29) is 155 Å². The highest BCUT2D eigenvalue weighted by atomic mass is 16.5. The molecule has 2 aromatic rings. The topological polar surface area (TPSA) is 612 Å². The Kier molecular flexibility index (Phi) is 41.4. The first-order valence-electron chi connectivity index (χ1n) is 31.3. The van der Waals surface area contributed by atoms with Crippen molar-refractivity contribution in [2.75, 3.05) is 273 Å². The monoisotopic (exact) mass is 1510 g/mol. The van der Waals surface area contributed by atoms with Crippen LogP contribution in [0.4, 0.5) is 59.7 Å². The number of hydrogen-bond donors (Lipinski definition) is 16. The van der Waals surface area contributed by atoms with E-state index in [0.717, 1.165) is 34.3 Å². The molecule has 0 bridgehead atoms. The van der Waals surface area contributed by atoms with Crippen LogP contribution in [-0.4, -0.2) is 471 Å². The van der Waals surface area contributed by atoms with Crippen molar-refractivity contribution >= 4 is 65.8 Å². The van der Waals surface area contributed by atoms with Gasteiger partial charge in [-0.25, -0.2) is 24.0 Å². The Balaban J connectivity index is 0.000000341. The van der Waals surface area contributed by atoms with E-state index in [1.165, 1.54) is 57.8 Å². The number of aliphatic hydroxyl groups is 16. The molecule has 7 rings (SSSR count). The number of anilines is 6. The molecule has 51 nitrogen and oxygen atoms in total. The van der Waals surface area contributed by atoms with Gasteiger partial charge in [0.25, 0.3) is 0 Å². The molecule has 5 aliphatic rings. The molecule has 2 atom stereocenters. The Morgan fingerprint density at radius 3 is 0.798 bits per heavy atom. The van der Waals surface area contributed by atoms with Crippen molar-refractivity contribution in [2.45, 2.75) is 36.9 Å². The lowest BCUT2D eigenvalue weighted by Crippen LogP contribution is -2.48. The van der Waals surface area contributed by atoms with Crippen LogP contribution in [0.3, 0.4) is 0 Å². The summed E-state index contributed by atoms with van der Waals surface area (Å²) in [4.78, 5) is 105. The second kappa shape index (κ2) is 47.6. The first-order chi connectivity index (χ1) is 50.2. The number of urea groups is 5. The fourth-order valence-electron chi connectivity index (χ4n) is 10.7. The third-order valence-electron chi connectivity index (χ3n) is 15.2. The van der Waals surface area contributed by atoms with Gasteiger partial charge in [-0.15, -0.1) is 0 Å². The fraction of sp³-hybridized carbons (Fsp3) is 0.792. The number of aromatic nitrogens is 6. The minimum atomic E-state index is -0.945. The number of ether oxygens (including phenoxy) is 8. The molecule has 2 aromatic heterocycles. The zero-order valence-electron chi connectivity index (χ0n) is 59.1. The molecular formula is C53H102N22O29. The van der Waals surface area contributed by atoms with Crippen molar-refractivity contribution in [1.29, 1.82) is 0 Å². The van der Waals surface area contributed by atoms with Crippen molar-refractivity contribution < 1.29 is 144 Å². The molecule has 5 aliphatic heterocycles. The molecule has 16 N–H and O–H groups in total. The van der Waals surface area contributed by atoms with Gasteiger partial charge in [0.05, 0.1) is 39.6 Å². The summed E-state index contributed by atoms with van der Waals surface area (Å²) in [6.45, 7) is -5.52. The molecule has 0 aliphatic carbocycles. The van der Waals surface area contributed by atoms with E-state index in [2.05, 4.69) is 29.9 Å². The Morgan fingerprint density at radius 2 is 0.548 bits per heavy atom. The standard InChI is InChI=1S/C15H30N6O6.C12H22N4O6.C9H18N6O6.C9H18N2O5.C8H14N4O6/c1-24-9-20(10-25-2)14-16-13(19(5-7-22)6-8-23)17-15(18-14)21(11-26-3)12-27-4;1-21-7-15-10-9(13(3-5-17)11(15)19)14(4-6-18)12(20)16(10)8-22-2;16-1-13(2-17)7-10-8(14(3-18)4-19)12-9(11-7)15(5-20)6-21;1-15-6-11-8(16-2)7(5-13)10(3-4-12)9(11)14;13-1-9-5-6(11(3-15)7(9)17)12(4-16)8(18)10(5)2-14/h22-23H,5-12H2,1-4H3;9-10,17-18H,3-8H2,1-2H3;16-21H,1-6H2;7-8,12-13H,3-6H2,1-2H3;5-6,13-16H,1-4H2. The maximum absolute atomic E-state index is 12.5. The van der Waals surface area contributed by atoms with Crippen molar-refractivity contribution in [3.05, 3.63) is 0 Å². The number of rotatable bonds is 42. The summed E-state index contributed by atoms with van der Waals surface area (Å²) in [5.74, 6) is 0.428. The van der Waals surface area contributed by atoms with Gasteiger partial charge in [-0.05, 0) is 0 Å². The number of amides is 10. The summed E-state index contributed by atoms with van der Waals surface area (Å²) in [5, 5.41) is 146. The van der Waals surface area contributed by atoms with Crippen LogP contribution in [0.15, 0.2) is 0 Å². The van der Waals surface area contributed by atoms with E-state index in [0.29, 0.717) is 17.8 Å². The quantitative estimate of drug-likeness (QED) is 0.0275. The second-order valence-corrected chi connectivity index (χ2v) is 21.4. The van der Waals surface area contributed by atoms with Crippen LogP contribution in [0, 0.1) is 0 Å². The highest BCUT2D eigenvalue weighted by molar-refractivity contribution is 5.86. The first-order valence-corrected chi connectivity index (χ1v) is 31.3. The Labute approximate surface area is 597 Å². The highest BCUT2D eigenvalue weighted by Gasteiger charge is 2.60. The number of nitrogens with zero attached hydrogens (tertiary/aromatic N) is 22. The van der Waals surface area contributed by atoms with Crippen LogP contribution in [-0.2, 0) is 37.9 Å². The maximum Gasteiger partial charge on any atom is 0.327 e. The molecule has 51 heteroatoms. The van der Waals surface area contributed by atoms with E-state index < -0.39 is 116 Å². The Hall–Kier alpha value is -7.79. The average Bonchev–Trinajstić information content (AvgIpc) is 1.58.